The lowest BCUT2D eigenvalue weighted by Gasteiger charge is -2.24. The number of nitrogens with zero attached hydrogens (tertiary/aromatic N) is 1. The van der Waals surface area contributed by atoms with E-state index in [1.807, 2.05) is 0 Å². The Kier molecular flexibility index (Phi) is 2.73. The number of phenolic OH excluding ortho intramolecular Hbond substituents is 1. The summed E-state index contributed by atoms with van der Waals surface area (Å²) in [5.41, 5.74) is -0.472. The number of aryl methyl sites for hydroxylation is 1. The monoisotopic (exact) mass is 260 g/mol. The van der Waals surface area contributed by atoms with Crippen LogP contribution in [0.15, 0.2) is 23.3 Å². The molecule has 0 fully saturated rings. The van der Waals surface area contributed by atoms with Gasteiger partial charge in [0.05, 0.1) is 12.1 Å². The average Bonchev–Trinajstić information content (AvgIpc) is 2.65. The summed E-state index contributed by atoms with van der Waals surface area (Å²) in [4.78, 5) is 0. The predicted octanol–water partition coefficient (Wildman–Crippen LogP) is 1.65. The topological polar surface area (TPSA) is 64.9 Å². The fraction of sp³-hybridized carbons (Fsp3) is 0.364. The van der Waals surface area contributed by atoms with E-state index in [9.17, 15) is 23.4 Å². The molecule has 1 aromatic rings. The van der Waals surface area contributed by atoms with Crippen LogP contribution in [0.2, 0.25) is 0 Å². The molecule has 18 heavy (non-hydrogen) atoms. The molecule has 0 radical (unpaired) electrons. The Morgan fingerprint density at radius 3 is 2.61 bits per heavy atom. The number of benzene rings is 1. The molecule has 2 rings (SSSR count). The van der Waals surface area contributed by atoms with E-state index in [-0.39, 0.29) is 17.0 Å². The summed E-state index contributed by atoms with van der Waals surface area (Å²) in [6.07, 6.45) is -5.58. The lowest BCUT2D eigenvalue weighted by atomic mass is 9.99. The zero-order valence-electron chi connectivity index (χ0n) is 9.41. The number of hydrogen-bond acceptors (Lipinski definition) is 4. The maximum absolute atomic E-state index is 12.6. The van der Waals surface area contributed by atoms with E-state index < -0.39 is 18.3 Å². The van der Waals surface area contributed by atoms with Crippen LogP contribution in [0.1, 0.15) is 17.5 Å². The zero-order chi connectivity index (χ0) is 13.6. The average molecular weight is 260 g/mol. The van der Waals surface area contributed by atoms with Crippen LogP contribution in [0.3, 0.4) is 0 Å². The van der Waals surface area contributed by atoms with Crippen molar-refractivity contribution in [3.63, 3.8) is 0 Å². The lowest BCUT2D eigenvalue weighted by molar-refractivity contribution is -0.266. The molecule has 1 aliphatic rings. The molecule has 1 heterocycles. The van der Waals surface area contributed by atoms with Gasteiger partial charge < -0.3 is 10.2 Å². The van der Waals surface area contributed by atoms with Gasteiger partial charge in [-0.1, -0.05) is 11.6 Å². The molecule has 4 nitrogen and oxygen atoms in total. The lowest BCUT2D eigenvalue weighted by Crippen LogP contribution is -2.52. The van der Waals surface area contributed by atoms with Gasteiger partial charge in [0.2, 0.25) is 0 Å². The molecule has 0 saturated heterocycles. The molecule has 1 atom stereocenters. The summed E-state index contributed by atoms with van der Waals surface area (Å²) in [5, 5.41) is 22.4. The first-order chi connectivity index (χ1) is 8.23. The molecule has 0 amide bonds. The molecule has 7 heteroatoms. The predicted molar refractivity (Wildman–Crippen MR) is 58.1 cm³/mol. The van der Waals surface area contributed by atoms with Crippen molar-refractivity contribution in [1.29, 1.82) is 0 Å². The molecule has 0 saturated carbocycles. The first-order valence-electron chi connectivity index (χ1n) is 5.16. The third-order valence-corrected chi connectivity index (χ3v) is 2.73. The number of halogens is 3. The van der Waals surface area contributed by atoms with Crippen LogP contribution in [0, 0.1) is 6.92 Å². The van der Waals surface area contributed by atoms with Crippen LogP contribution in [-0.4, -0.2) is 27.8 Å². The number of aromatic hydroxyl groups is 1. The minimum atomic E-state index is -4.84. The fourth-order valence-corrected chi connectivity index (χ4v) is 1.68. The van der Waals surface area contributed by atoms with Crippen molar-refractivity contribution in [3.8, 4) is 5.75 Å². The van der Waals surface area contributed by atoms with E-state index in [1.165, 1.54) is 12.1 Å². The van der Waals surface area contributed by atoms with Crippen molar-refractivity contribution in [2.45, 2.75) is 25.2 Å². The Labute approximate surface area is 101 Å². The van der Waals surface area contributed by atoms with Gasteiger partial charge in [-0.25, -0.2) is 0 Å². The van der Waals surface area contributed by atoms with Crippen LogP contribution >= 0.6 is 0 Å². The Morgan fingerprint density at radius 1 is 1.39 bits per heavy atom. The summed E-state index contributed by atoms with van der Waals surface area (Å²) in [6, 6.07) is 4.51. The third kappa shape index (κ3) is 2.01. The highest BCUT2D eigenvalue weighted by atomic mass is 19.4. The molecular formula is C11H11F3N2O2. The second-order valence-corrected chi connectivity index (χ2v) is 4.23. The largest absolute Gasteiger partial charge is 0.507 e. The quantitative estimate of drug-likeness (QED) is 0.719. The van der Waals surface area contributed by atoms with Gasteiger partial charge >= 0.3 is 6.18 Å². The molecule has 0 aliphatic carbocycles. The molecule has 3 N–H and O–H groups in total. The molecular weight excluding hydrogens is 249 g/mol. The third-order valence-electron chi connectivity index (χ3n) is 2.73. The van der Waals surface area contributed by atoms with Crippen molar-refractivity contribution in [2.75, 3.05) is 0 Å². The zero-order valence-corrected chi connectivity index (χ0v) is 9.41. The van der Waals surface area contributed by atoms with E-state index in [2.05, 4.69) is 5.10 Å². The Bertz CT molecular complexity index is 514. The number of aliphatic hydroxyl groups is 1. The van der Waals surface area contributed by atoms with Gasteiger partial charge in [0.15, 0.2) is 0 Å². The number of phenols is 1. The molecule has 0 aromatic heterocycles. The molecule has 1 aromatic carbocycles. The SMILES string of the molecule is Cc1ccc(O)c(C2=NN[C@@](O)(C(F)(F)F)C2)c1. The summed E-state index contributed by atoms with van der Waals surface area (Å²) in [6.45, 7) is 1.74. The normalized spacial score (nSPS) is 23.7. The first-order valence-corrected chi connectivity index (χ1v) is 5.16. The number of hydrogen-bond donors (Lipinski definition) is 3. The van der Waals surface area contributed by atoms with E-state index in [1.54, 1.807) is 18.4 Å². The maximum atomic E-state index is 12.6. The van der Waals surface area contributed by atoms with Gasteiger partial charge in [0.1, 0.15) is 5.75 Å². The van der Waals surface area contributed by atoms with Crippen molar-refractivity contribution in [3.05, 3.63) is 29.3 Å². The van der Waals surface area contributed by atoms with E-state index in [0.29, 0.717) is 0 Å². The summed E-state index contributed by atoms with van der Waals surface area (Å²) < 4.78 is 37.7. The summed E-state index contributed by atoms with van der Waals surface area (Å²) >= 11 is 0. The maximum Gasteiger partial charge on any atom is 0.438 e. The van der Waals surface area contributed by atoms with Crippen LogP contribution in [0.25, 0.3) is 0 Å². The minimum absolute atomic E-state index is 0.0315. The van der Waals surface area contributed by atoms with Crippen LogP contribution in [-0.2, 0) is 0 Å². The Hall–Kier alpha value is -1.76. The molecule has 0 bridgehead atoms. The highest BCUT2D eigenvalue weighted by Crippen LogP contribution is 2.36. The van der Waals surface area contributed by atoms with Gasteiger partial charge in [-0.2, -0.15) is 18.3 Å². The van der Waals surface area contributed by atoms with E-state index in [0.717, 1.165) is 5.56 Å². The van der Waals surface area contributed by atoms with Gasteiger partial charge in [-0.05, 0) is 19.1 Å². The number of nitrogens with one attached hydrogen (secondary N) is 1. The smallest absolute Gasteiger partial charge is 0.438 e. The second-order valence-electron chi connectivity index (χ2n) is 4.23. The summed E-state index contributed by atoms with van der Waals surface area (Å²) in [5.74, 6) is -0.174. The van der Waals surface area contributed by atoms with Gasteiger partial charge in [0.25, 0.3) is 5.72 Å². The van der Waals surface area contributed by atoms with Crippen molar-refractivity contribution >= 4 is 5.71 Å². The molecule has 0 unspecified atom stereocenters. The van der Waals surface area contributed by atoms with Crippen LogP contribution in [0.4, 0.5) is 13.2 Å². The number of hydrazone groups is 1. The van der Waals surface area contributed by atoms with Gasteiger partial charge in [-0.3, -0.25) is 5.43 Å². The van der Waals surface area contributed by atoms with Crippen molar-refractivity contribution < 1.29 is 23.4 Å². The van der Waals surface area contributed by atoms with Crippen LogP contribution in [0.5, 0.6) is 5.75 Å². The number of rotatable bonds is 1. The van der Waals surface area contributed by atoms with Gasteiger partial charge in [0, 0.05) is 5.56 Å². The van der Waals surface area contributed by atoms with E-state index in [4.69, 9.17) is 0 Å². The first kappa shape index (κ1) is 12.7. The van der Waals surface area contributed by atoms with Crippen LogP contribution < -0.4 is 5.43 Å². The highest BCUT2D eigenvalue weighted by molar-refractivity contribution is 6.04. The van der Waals surface area contributed by atoms with Crippen molar-refractivity contribution in [2.24, 2.45) is 5.10 Å². The second kappa shape index (κ2) is 3.88. The molecule has 98 valence electrons. The fourth-order valence-electron chi connectivity index (χ4n) is 1.68. The van der Waals surface area contributed by atoms with Gasteiger partial charge in [-0.15, -0.1) is 0 Å². The Balaban J connectivity index is 2.31. The van der Waals surface area contributed by atoms with E-state index >= 15 is 0 Å². The summed E-state index contributed by atoms with van der Waals surface area (Å²) in [7, 11) is 0. The molecule has 0 spiro atoms. The van der Waals surface area contributed by atoms with Crippen molar-refractivity contribution in [1.82, 2.24) is 5.43 Å². The molecule has 1 aliphatic heterocycles. The highest BCUT2D eigenvalue weighted by Gasteiger charge is 2.57. The Morgan fingerprint density at radius 2 is 2.06 bits per heavy atom. The number of alkyl halides is 3. The minimum Gasteiger partial charge on any atom is -0.507 e. The standard InChI is InChI=1S/C11H11F3N2O2/c1-6-2-3-9(17)7(4-6)8-5-10(18,16-15-8)11(12,13)14/h2-4,16-18H,5H2,1H3/t10-/m0/s1.